The van der Waals surface area contributed by atoms with Gasteiger partial charge in [0.25, 0.3) is 0 Å². The molecule has 0 aliphatic carbocycles. The Morgan fingerprint density at radius 1 is 1.19 bits per heavy atom. The molecule has 4 rings (SSSR count). The van der Waals surface area contributed by atoms with Gasteiger partial charge >= 0.3 is 0 Å². The van der Waals surface area contributed by atoms with Crippen molar-refractivity contribution in [2.45, 2.75) is 13.8 Å². The Labute approximate surface area is 151 Å². The minimum absolute atomic E-state index is 0.0296. The predicted molar refractivity (Wildman–Crippen MR) is 99.9 cm³/mol. The maximum absolute atomic E-state index is 12.0. The lowest BCUT2D eigenvalue weighted by Gasteiger charge is -2.22. The maximum atomic E-state index is 12.0. The highest BCUT2D eigenvalue weighted by atomic mass is 16.5. The Balaban J connectivity index is 1.65. The second-order valence-electron chi connectivity index (χ2n) is 6.34. The molecule has 0 saturated carbocycles. The fraction of sp³-hybridized carbons (Fsp3) is 0.150. The number of hydrogen-bond acceptors (Lipinski definition) is 5. The summed E-state index contributed by atoms with van der Waals surface area (Å²) in [5.74, 6) is 1.14. The topological polar surface area (TPSA) is 69.0 Å². The van der Waals surface area contributed by atoms with Crippen molar-refractivity contribution in [3.63, 3.8) is 0 Å². The smallest absolute Gasteiger partial charge is 0.163 e. The molecule has 2 aromatic heterocycles. The van der Waals surface area contributed by atoms with Crippen molar-refractivity contribution in [2.24, 2.45) is 7.05 Å². The quantitative estimate of drug-likeness (QED) is 0.731. The number of carbonyl (C=O) groups excluding carboxylic acids is 1. The normalized spacial score (nSPS) is 12.7. The van der Waals surface area contributed by atoms with Gasteiger partial charge in [-0.3, -0.25) is 14.5 Å². The van der Waals surface area contributed by atoms with E-state index in [9.17, 15) is 4.79 Å². The SMILES string of the molecule is CC(=O)c1cc(C)cc2c1OC(c1ccc(-c3cnn(C)c3)nc1)=CN2. The summed E-state index contributed by atoms with van der Waals surface area (Å²) in [6.07, 6.45) is 7.23. The highest BCUT2D eigenvalue weighted by Crippen LogP contribution is 2.37. The number of pyridine rings is 1. The number of fused-ring (bicyclic) bond motifs is 1. The number of aromatic nitrogens is 3. The van der Waals surface area contributed by atoms with Crippen LogP contribution in [0, 0.1) is 6.92 Å². The molecule has 26 heavy (non-hydrogen) atoms. The van der Waals surface area contributed by atoms with Gasteiger partial charge in [0, 0.05) is 36.8 Å². The number of nitrogens with one attached hydrogen (secondary N) is 1. The van der Waals surface area contributed by atoms with Crippen LogP contribution in [-0.2, 0) is 7.05 Å². The zero-order chi connectivity index (χ0) is 18.3. The number of nitrogens with zero attached hydrogens (tertiary/aromatic N) is 3. The van der Waals surface area contributed by atoms with Crippen molar-refractivity contribution in [1.29, 1.82) is 0 Å². The van der Waals surface area contributed by atoms with Crippen LogP contribution in [-0.4, -0.2) is 20.5 Å². The first-order chi connectivity index (χ1) is 12.5. The Morgan fingerprint density at radius 2 is 2.04 bits per heavy atom. The first-order valence-corrected chi connectivity index (χ1v) is 8.27. The summed E-state index contributed by atoms with van der Waals surface area (Å²) in [6, 6.07) is 7.66. The van der Waals surface area contributed by atoms with Gasteiger partial charge in [-0.25, -0.2) is 0 Å². The molecule has 0 amide bonds. The van der Waals surface area contributed by atoms with Crippen LogP contribution < -0.4 is 10.1 Å². The number of Topliss-reactive ketones (excluding diaryl/α,β-unsaturated/α-hetero) is 1. The highest BCUT2D eigenvalue weighted by molar-refractivity contribution is 6.00. The molecule has 0 spiro atoms. The van der Waals surface area contributed by atoms with Crippen LogP contribution in [0.3, 0.4) is 0 Å². The molecule has 1 N–H and O–H groups in total. The van der Waals surface area contributed by atoms with E-state index < -0.39 is 0 Å². The molecule has 1 aliphatic rings. The number of ketones is 1. The van der Waals surface area contributed by atoms with E-state index in [-0.39, 0.29) is 5.78 Å². The summed E-state index contributed by atoms with van der Waals surface area (Å²) in [5.41, 5.74) is 4.98. The fourth-order valence-electron chi connectivity index (χ4n) is 2.94. The standard InChI is InChI=1S/C20H18N4O2/c1-12-6-16(13(2)25)20-18(7-12)22-10-19(26-20)14-4-5-17(21-8-14)15-9-23-24(3)11-15/h4-11,22H,1-3H3. The average molecular weight is 346 g/mol. The molecule has 1 aliphatic heterocycles. The van der Waals surface area contributed by atoms with Crippen LogP contribution in [0.15, 0.2) is 49.1 Å². The van der Waals surface area contributed by atoms with Crippen LogP contribution in [0.5, 0.6) is 5.75 Å². The summed E-state index contributed by atoms with van der Waals surface area (Å²) >= 11 is 0. The fourth-order valence-corrected chi connectivity index (χ4v) is 2.94. The van der Waals surface area contributed by atoms with Gasteiger partial charge in [0.15, 0.2) is 17.3 Å². The molecule has 0 atom stereocenters. The van der Waals surface area contributed by atoms with Crippen molar-refractivity contribution in [3.05, 3.63) is 65.7 Å². The number of hydrogen-bond donors (Lipinski definition) is 1. The molecule has 3 heterocycles. The van der Waals surface area contributed by atoms with Crippen molar-refractivity contribution >= 4 is 17.2 Å². The molecule has 130 valence electrons. The van der Waals surface area contributed by atoms with Gasteiger partial charge in [0.2, 0.25) is 0 Å². The third-order valence-corrected chi connectivity index (χ3v) is 4.23. The third kappa shape index (κ3) is 2.86. The van der Waals surface area contributed by atoms with Gasteiger partial charge in [0.1, 0.15) is 0 Å². The largest absolute Gasteiger partial charge is 0.452 e. The lowest BCUT2D eigenvalue weighted by molar-refractivity contribution is 0.101. The van der Waals surface area contributed by atoms with E-state index in [1.807, 2.05) is 44.4 Å². The van der Waals surface area contributed by atoms with Gasteiger partial charge < -0.3 is 10.1 Å². The van der Waals surface area contributed by atoms with E-state index in [1.165, 1.54) is 0 Å². The number of aryl methyl sites for hydroxylation is 2. The molecule has 6 heteroatoms. The predicted octanol–water partition coefficient (Wildman–Crippen LogP) is 3.80. The summed E-state index contributed by atoms with van der Waals surface area (Å²) in [7, 11) is 1.87. The van der Waals surface area contributed by atoms with Gasteiger partial charge in [-0.15, -0.1) is 0 Å². The molecule has 0 radical (unpaired) electrons. The molecule has 0 unspecified atom stereocenters. The first kappa shape index (κ1) is 16.1. The molecule has 0 saturated heterocycles. The number of carbonyl (C=O) groups is 1. The van der Waals surface area contributed by atoms with E-state index in [2.05, 4.69) is 15.4 Å². The van der Waals surface area contributed by atoms with Gasteiger partial charge in [-0.2, -0.15) is 5.10 Å². The van der Waals surface area contributed by atoms with Crippen LogP contribution in [0.2, 0.25) is 0 Å². The lowest BCUT2D eigenvalue weighted by Crippen LogP contribution is -2.10. The zero-order valence-corrected chi connectivity index (χ0v) is 14.8. The Kier molecular flexibility index (Phi) is 3.80. The van der Waals surface area contributed by atoms with Gasteiger partial charge in [-0.05, 0) is 43.7 Å². The maximum Gasteiger partial charge on any atom is 0.163 e. The minimum Gasteiger partial charge on any atom is -0.452 e. The lowest BCUT2D eigenvalue weighted by atomic mass is 10.0. The molecule has 3 aromatic rings. The Bertz CT molecular complexity index is 1030. The Morgan fingerprint density at radius 3 is 2.69 bits per heavy atom. The zero-order valence-electron chi connectivity index (χ0n) is 14.8. The van der Waals surface area contributed by atoms with Gasteiger partial charge in [0.05, 0.1) is 23.1 Å². The van der Waals surface area contributed by atoms with Crippen LogP contribution in [0.25, 0.3) is 17.0 Å². The van der Waals surface area contributed by atoms with E-state index in [0.29, 0.717) is 17.1 Å². The second-order valence-corrected chi connectivity index (χ2v) is 6.34. The van der Waals surface area contributed by atoms with Crippen molar-refractivity contribution in [2.75, 3.05) is 5.32 Å². The molecule has 6 nitrogen and oxygen atoms in total. The molecular weight excluding hydrogens is 328 g/mol. The number of rotatable bonds is 3. The van der Waals surface area contributed by atoms with E-state index in [4.69, 9.17) is 4.74 Å². The minimum atomic E-state index is -0.0296. The van der Waals surface area contributed by atoms with Crippen molar-refractivity contribution in [3.8, 4) is 17.0 Å². The second kappa shape index (κ2) is 6.15. The summed E-state index contributed by atoms with van der Waals surface area (Å²) in [5, 5.41) is 7.38. The van der Waals surface area contributed by atoms with Crippen LogP contribution in [0.4, 0.5) is 5.69 Å². The average Bonchev–Trinajstić information content (AvgIpc) is 3.07. The molecule has 0 fully saturated rings. The summed E-state index contributed by atoms with van der Waals surface area (Å²) in [6.45, 7) is 3.50. The van der Waals surface area contributed by atoms with Crippen LogP contribution >= 0.6 is 0 Å². The molecule has 0 bridgehead atoms. The molecule has 1 aromatic carbocycles. The Hall–Kier alpha value is -3.41. The van der Waals surface area contributed by atoms with E-state index >= 15 is 0 Å². The molecular formula is C20H18N4O2. The highest BCUT2D eigenvalue weighted by Gasteiger charge is 2.20. The number of ether oxygens (including phenoxy) is 1. The van der Waals surface area contributed by atoms with Crippen LogP contribution in [0.1, 0.15) is 28.4 Å². The van der Waals surface area contributed by atoms with Crippen molar-refractivity contribution in [1.82, 2.24) is 14.8 Å². The summed E-state index contributed by atoms with van der Waals surface area (Å²) in [4.78, 5) is 16.5. The van der Waals surface area contributed by atoms with E-state index in [1.54, 1.807) is 30.2 Å². The van der Waals surface area contributed by atoms with Crippen molar-refractivity contribution < 1.29 is 9.53 Å². The monoisotopic (exact) mass is 346 g/mol. The first-order valence-electron chi connectivity index (χ1n) is 8.27. The van der Waals surface area contributed by atoms with E-state index in [0.717, 1.165) is 28.1 Å². The number of benzene rings is 1. The third-order valence-electron chi connectivity index (χ3n) is 4.23. The number of anilines is 1. The summed E-state index contributed by atoms with van der Waals surface area (Å²) < 4.78 is 7.78. The van der Waals surface area contributed by atoms with Gasteiger partial charge in [-0.1, -0.05) is 0 Å².